The van der Waals surface area contributed by atoms with E-state index in [1.807, 2.05) is 20.8 Å². The number of rotatable bonds is 7. The van der Waals surface area contributed by atoms with Gasteiger partial charge in [-0.1, -0.05) is 18.7 Å². The second-order valence-electron chi connectivity index (χ2n) is 6.77. The lowest BCUT2D eigenvalue weighted by atomic mass is 10.1. The van der Waals surface area contributed by atoms with E-state index in [0.717, 1.165) is 46.5 Å². The summed E-state index contributed by atoms with van der Waals surface area (Å²) in [6.07, 6.45) is 2.81. The summed E-state index contributed by atoms with van der Waals surface area (Å²) in [5.74, 6) is -0.0443. The first-order valence-electron chi connectivity index (χ1n) is 9.55. The third kappa shape index (κ3) is 4.22. The molecule has 1 N–H and O–H groups in total. The molecule has 0 aromatic carbocycles. The molecule has 1 saturated heterocycles. The molecule has 3 rings (SSSR count). The molecule has 0 unspecified atom stereocenters. The quantitative estimate of drug-likeness (QED) is 0.562. The SMILES string of the molecule is CCNC(=O)[C@H](C)Sc1nc2sc(C)c(CC)c2c(=O)n1C[C@H]1CCCO1. The molecule has 1 fully saturated rings. The summed E-state index contributed by atoms with van der Waals surface area (Å²) in [5.41, 5.74) is 1.07. The van der Waals surface area contributed by atoms with Gasteiger partial charge in [-0.25, -0.2) is 4.98 Å². The molecule has 3 heterocycles. The van der Waals surface area contributed by atoms with Crippen molar-refractivity contribution in [1.29, 1.82) is 0 Å². The number of fused-ring (bicyclic) bond motifs is 1. The zero-order valence-corrected chi connectivity index (χ0v) is 18.0. The minimum absolute atomic E-state index is 0.0118. The minimum Gasteiger partial charge on any atom is -0.376 e. The summed E-state index contributed by atoms with van der Waals surface area (Å²) in [7, 11) is 0. The molecule has 0 aliphatic carbocycles. The molecule has 0 bridgehead atoms. The van der Waals surface area contributed by atoms with Crippen LogP contribution in [0.5, 0.6) is 0 Å². The molecule has 0 radical (unpaired) electrons. The highest BCUT2D eigenvalue weighted by Gasteiger charge is 2.24. The second kappa shape index (κ2) is 8.75. The Labute approximate surface area is 167 Å². The normalized spacial score (nSPS) is 18.1. The van der Waals surface area contributed by atoms with Gasteiger partial charge in [0.1, 0.15) is 4.83 Å². The number of hydrogen-bond donors (Lipinski definition) is 1. The molecule has 0 saturated carbocycles. The Morgan fingerprint density at radius 1 is 1.48 bits per heavy atom. The van der Waals surface area contributed by atoms with E-state index in [2.05, 4.69) is 12.2 Å². The smallest absolute Gasteiger partial charge is 0.263 e. The van der Waals surface area contributed by atoms with Crippen molar-refractivity contribution in [3.63, 3.8) is 0 Å². The maximum absolute atomic E-state index is 13.4. The van der Waals surface area contributed by atoms with Gasteiger partial charge in [0.25, 0.3) is 5.56 Å². The van der Waals surface area contributed by atoms with Gasteiger partial charge in [0, 0.05) is 18.0 Å². The van der Waals surface area contributed by atoms with Crippen LogP contribution in [0, 0.1) is 6.92 Å². The van der Waals surface area contributed by atoms with Gasteiger partial charge < -0.3 is 10.1 Å². The molecular weight excluding hydrogens is 382 g/mol. The van der Waals surface area contributed by atoms with Gasteiger partial charge >= 0.3 is 0 Å². The Bertz CT molecular complexity index is 884. The Kier molecular flexibility index (Phi) is 6.60. The highest BCUT2D eigenvalue weighted by molar-refractivity contribution is 8.00. The molecule has 148 valence electrons. The zero-order chi connectivity index (χ0) is 19.6. The predicted octanol–water partition coefficient (Wildman–Crippen LogP) is 3.12. The fourth-order valence-corrected chi connectivity index (χ4v) is 5.53. The summed E-state index contributed by atoms with van der Waals surface area (Å²) in [6.45, 7) is 9.67. The van der Waals surface area contributed by atoms with Crippen LogP contribution in [0.15, 0.2) is 9.95 Å². The molecule has 6 nitrogen and oxygen atoms in total. The fourth-order valence-electron chi connectivity index (χ4n) is 3.43. The number of nitrogens with one attached hydrogen (secondary N) is 1. The van der Waals surface area contributed by atoms with Crippen molar-refractivity contribution < 1.29 is 9.53 Å². The van der Waals surface area contributed by atoms with Gasteiger partial charge in [-0.15, -0.1) is 11.3 Å². The lowest BCUT2D eigenvalue weighted by Gasteiger charge is -2.18. The van der Waals surface area contributed by atoms with Crippen LogP contribution in [0.1, 0.15) is 44.1 Å². The lowest BCUT2D eigenvalue weighted by molar-refractivity contribution is -0.120. The molecule has 2 atom stereocenters. The Hall–Kier alpha value is -1.38. The summed E-state index contributed by atoms with van der Waals surface area (Å²) < 4.78 is 7.48. The predicted molar refractivity (Wildman–Crippen MR) is 111 cm³/mol. The van der Waals surface area contributed by atoms with Gasteiger partial charge in [-0.2, -0.15) is 0 Å². The van der Waals surface area contributed by atoms with Crippen molar-refractivity contribution in [2.24, 2.45) is 0 Å². The summed E-state index contributed by atoms with van der Waals surface area (Å²) in [5, 5.41) is 3.84. The molecule has 2 aromatic rings. The van der Waals surface area contributed by atoms with Gasteiger partial charge in [0.05, 0.1) is 23.3 Å². The Balaban J connectivity index is 2.06. The van der Waals surface area contributed by atoms with E-state index >= 15 is 0 Å². The number of carbonyl (C=O) groups excluding carboxylic acids is 1. The second-order valence-corrected chi connectivity index (χ2v) is 9.28. The lowest BCUT2D eigenvalue weighted by Crippen LogP contribution is -2.33. The van der Waals surface area contributed by atoms with Crippen LogP contribution < -0.4 is 10.9 Å². The van der Waals surface area contributed by atoms with Crippen molar-refractivity contribution in [2.75, 3.05) is 13.2 Å². The number of aromatic nitrogens is 2. The van der Waals surface area contributed by atoms with E-state index in [4.69, 9.17) is 9.72 Å². The van der Waals surface area contributed by atoms with E-state index in [1.54, 1.807) is 15.9 Å². The minimum atomic E-state index is -0.322. The summed E-state index contributed by atoms with van der Waals surface area (Å²) in [4.78, 5) is 32.3. The number of aryl methyl sites for hydroxylation is 2. The van der Waals surface area contributed by atoms with Gasteiger partial charge in [0.15, 0.2) is 5.16 Å². The third-order valence-corrected chi connectivity index (χ3v) is 6.98. The first-order chi connectivity index (χ1) is 13.0. The molecular formula is C19H27N3O3S2. The standard InChI is InChI=1S/C19H27N3O3S2/c1-5-14-11(3)26-17-15(14)18(24)22(10-13-8-7-9-25-13)19(21-17)27-12(4)16(23)20-6-2/h12-13H,5-10H2,1-4H3,(H,20,23)/t12-,13+/m0/s1. The number of nitrogens with zero attached hydrogens (tertiary/aromatic N) is 2. The number of amides is 1. The third-order valence-electron chi connectivity index (χ3n) is 4.84. The van der Waals surface area contributed by atoms with Crippen LogP contribution in [-0.4, -0.2) is 40.0 Å². The van der Waals surface area contributed by atoms with Crippen molar-refractivity contribution in [1.82, 2.24) is 14.9 Å². The largest absolute Gasteiger partial charge is 0.376 e. The number of thiophene rings is 1. The van der Waals surface area contributed by atoms with Gasteiger partial charge in [0.2, 0.25) is 5.91 Å². The van der Waals surface area contributed by atoms with Crippen LogP contribution in [-0.2, 0) is 22.5 Å². The average Bonchev–Trinajstić information content (AvgIpc) is 3.25. The summed E-state index contributed by atoms with van der Waals surface area (Å²) >= 11 is 2.90. The highest BCUT2D eigenvalue weighted by atomic mass is 32.2. The van der Waals surface area contributed by atoms with Crippen molar-refractivity contribution in [3.05, 3.63) is 20.8 Å². The van der Waals surface area contributed by atoms with Crippen LogP contribution in [0.4, 0.5) is 0 Å². The highest BCUT2D eigenvalue weighted by Crippen LogP contribution is 2.31. The van der Waals surface area contributed by atoms with E-state index in [0.29, 0.717) is 18.2 Å². The van der Waals surface area contributed by atoms with Crippen molar-refractivity contribution in [3.8, 4) is 0 Å². The van der Waals surface area contributed by atoms with Gasteiger partial charge in [-0.05, 0) is 45.6 Å². The first kappa shape index (κ1) is 20.4. The Morgan fingerprint density at radius 2 is 2.26 bits per heavy atom. The molecule has 0 spiro atoms. The fraction of sp³-hybridized carbons (Fsp3) is 0.632. The maximum atomic E-state index is 13.4. The molecule has 1 amide bonds. The van der Waals surface area contributed by atoms with Crippen molar-refractivity contribution >= 4 is 39.2 Å². The number of hydrogen-bond acceptors (Lipinski definition) is 6. The molecule has 27 heavy (non-hydrogen) atoms. The molecule has 8 heteroatoms. The van der Waals surface area contributed by atoms with E-state index in [9.17, 15) is 9.59 Å². The van der Waals surface area contributed by atoms with E-state index in [-0.39, 0.29) is 22.8 Å². The van der Waals surface area contributed by atoms with Gasteiger partial charge in [-0.3, -0.25) is 14.2 Å². The van der Waals surface area contributed by atoms with Crippen LogP contribution in [0.3, 0.4) is 0 Å². The number of thioether (sulfide) groups is 1. The van der Waals surface area contributed by atoms with Crippen LogP contribution in [0.25, 0.3) is 10.2 Å². The summed E-state index contributed by atoms with van der Waals surface area (Å²) in [6, 6.07) is 0. The first-order valence-corrected chi connectivity index (χ1v) is 11.2. The number of ether oxygens (including phenoxy) is 1. The van der Waals surface area contributed by atoms with Crippen LogP contribution in [0.2, 0.25) is 0 Å². The zero-order valence-electron chi connectivity index (χ0n) is 16.3. The monoisotopic (exact) mass is 409 g/mol. The molecule has 1 aliphatic heterocycles. The van der Waals surface area contributed by atoms with E-state index < -0.39 is 0 Å². The topological polar surface area (TPSA) is 73.2 Å². The number of carbonyl (C=O) groups is 1. The molecule has 1 aliphatic rings. The maximum Gasteiger partial charge on any atom is 0.263 e. The molecule has 2 aromatic heterocycles. The van der Waals surface area contributed by atoms with E-state index in [1.165, 1.54) is 11.8 Å². The Morgan fingerprint density at radius 3 is 2.89 bits per heavy atom. The van der Waals surface area contributed by atoms with Crippen molar-refractivity contribution in [2.45, 2.75) is 70.0 Å². The average molecular weight is 410 g/mol. The van der Waals surface area contributed by atoms with Crippen LogP contribution >= 0.6 is 23.1 Å².